The van der Waals surface area contributed by atoms with Crippen molar-refractivity contribution in [3.63, 3.8) is 0 Å². The molecule has 0 unspecified atom stereocenters. The SMILES string of the molecule is COc1ccc(Br)cc1C(=O)NC(=S)Nc1cc(C(F)(F)F)ccc1N1CCOCC1. The Morgan fingerprint density at radius 3 is 2.55 bits per heavy atom. The Morgan fingerprint density at radius 2 is 1.90 bits per heavy atom. The van der Waals surface area contributed by atoms with Gasteiger partial charge in [-0.15, -0.1) is 0 Å². The Kier molecular flexibility index (Phi) is 7.39. The Morgan fingerprint density at radius 1 is 1.19 bits per heavy atom. The predicted octanol–water partition coefficient (Wildman–Crippen LogP) is 4.44. The highest BCUT2D eigenvalue weighted by Gasteiger charge is 2.32. The molecule has 2 aromatic carbocycles. The van der Waals surface area contributed by atoms with Gasteiger partial charge in [0, 0.05) is 17.6 Å². The number of morpholine rings is 1. The number of benzene rings is 2. The molecule has 31 heavy (non-hydrogen) atoms. The number of halogens is 4. The monoisotopic (exact) mass is 517 g/mol. The fraction of sp³-hybridized carbons (Fsp3) is 0.300. The van der Waals surface area contributed by atoms with Crippen molar-refractivity contribution in [1.82, 2.24) is 5.32 Å². The summed E-state index contributed by atoms with van der Waals surface area (Å²) in [6.07, 6.45) is -4.52. The van der Waals surface area contributed by atoms with Crippen LogP contribution in [0, 0.1) is 0 Å². The van der Waals surface area contributed by atoms with E-state index in [4.69, 9.17) is 21.7 Å². The van der Waals surface area contributed by atoms with Gasteiger partial charge in [-0.2, -0.15) is 13.2 Å². The molecule has 1 aliphatic rings. The smallest absolute Gasteiger partial charge is 0.416 e. The van der Waals surface area contributed by atoms with E-state index in [1.165, 1.54) is 13.2 Å². The summed E-state index contributed by atoms with van der Waals surface area (Å²) in [6.45, 7) is 1.97. The number of thiocarbonyl (C=S) groups is 1. The Labute approximate surface area is 190 Å². The van der Waals surface area contributed by atoms with E-state index < -0.39 is 17.6 Å². The van der Waals surface area contributed by atoms with Crippen LogP contribution in [0.3, 0.4) is 0 Å². The van der Waals surface area contributed by atoms with E-state index in [-0.39, 0.29) is 16.4 Å². The number of amides is 1. The number of anilines is 2. The zero-order valence-corrected chi connectivity index (χ0v) is 18.8. The molecule has 1 heterocycles. The van der Waals surface area contributed by atoms with Crippen LogP contribution in [0.2, 0.25) is 0 Å². The van der Waals surface area contributed by atoms with Crippen molar-refractivity contribution in [1.29, 1.82) is 0 Å². The Bertz CT molecular complexity index is 982. The van der Waals surface area contributed by atoms with E-state index in [1.54, 1.807) is 18.2 Å². The lowest BCUT2D eigenvalue weighted by Crippen LogP contribution is -2.38. The zero-order valence-electron chi connectivity index (χ0n) is 16.4. The number of hydrogen-bond donors (Lipinski definition) is 2. The third kappa shape index (κ3) is 5.86. The van der Waals surface area contributed by atoms with Crippen molar-refractivity contribution in [3.05, 3.63) is 52.0 Å². The molecule has 0 bridgehead atoms. The molecule has 0 saturated carbocycles. The minimum Gasteiger partial charge on any atom is -0.496 e. The molecule has 2 N–H and O–H groups in total. The number of alkyl halides is 3. The lowest BCUT2D eigenvalue weighted by molar-refractivity contribution is -0.137. The molecule has 0 atom stereocenters. The number of rotatable bonds is 4. The fourth-order valence-corrected chi connectivity index (χ4v) is 3.64. The first kappa shape index (κ1) is 23.3. The minimum atomic E-state index is -4.52. The predicted molar refractivity (Wildman–Crippen MR) is 119 cm³/mol. The maximum absolute atomic E-state index is 13.2. The first-order valence-electron chi connectivity index (χ1n) is 9.19. The van der Waals surface area contributed by atoms with E-state index in [0.717, 1.165) is 12.1 Å². The number of ether oxygens (including phenoxy) is 2. The molecule has 11 heteroatoms. The number of nitrogens with one attached hydrogen (secondary N) is 2. The maximum Gasteiger partial charge on any atom is 0.416 e. The largest absolute Gasteiger partial charge is 0.496 e. The topological polar surface area (TPSA) is 62.8 Å². The lowest BCUT2D eigenvalue weighted by atomic mass is 10.1. The summed E-state index contributed by atoms with van der Waals surface area (Å²) in [5, 5.41) is 5.09. The molecule has 0 aromatic heterocycles. The molecule has 166 valence electrons. The van der Waals surface area contributed by atoms with E-state index in [2.05, 4.69) is 26.6 Å². The molecule has 3 rings (SSSR count). The molecule has 2 aromatic rings. The summed E-state index contributed by atoms with van der Waals surface area (Å²) in [4.78, 5) is 14.5. The van der Waals surface area contributed by atoms with Gasteiger partial charge in [0.2, 0.25) is 0 Å². The van der Waals surface area contributed by atoms with Gasteiger partial charge < -0.3 is 19.7 Å². The van der Waals surface area contributed by atoms with Gasteiger partial charge in [-0.3, -0.25) is 10.1 Å². The Hall–Kier alpha value is -2.37. The summed E-state index contributed by atoms with van der Waals surface area (Å²) in [5.74, 6) is -0.230. The highest BCUT2D eigenvalue weighted by atomic mass is 79.9. The highest BCUT2D eigenvalue weighted by Crippen LogP contribution is 2.35. The molecular formula is C20H19BrF3N3O3S. The lowest BCUT2D eigenvalue weighted by Gasteiger charge is -2.31. The molecular weight excluding hydrogens is 499 g/mol. The second-order valence-electron chi connectivity index (χ2n) is 6.58. The second kappa shape index (κ2) is 9.84. The summed E-state index contributed by atoms with van der Waals surface area (Å²) >= 11 is 8.49. The van der Waals surface area contributed by atoms with Crippen molar-refractivity contribution in [2.45, 2.75) is 6.18 Å². The first-order valence-corrected chi connectivity index (χ1v) is 10.4. The quantitative estimate of drug-likeness (QED) is 0.584. The van der Waals surface area contributed by atoms with Gasteiger partial charge in [0.05, 0.1) is 42.8 Å². The minimum absolute atomic E-state index is 0.138. The highest BCUT2D eigenvalue weighted by molar-refractivity contribution is 9.10. The molecule has 6 nitrogen and oxygen atoms in total. The van der Waals surface area contributed by atoms with Crippen LogP contribution in [-0.2, 0) is 10.9 Å². The van der Waals surface area contributed by atoms with Crippen LogP contribution >= 0.6 is 28.1 Å². The average molecular weight is 518 g/mol. The average Bonchev–Trinajstić information content (AvgIpc) is 2.73. The molecule has 0 aliphatic carbocycles. The van der Waals surface area contributed by atoms with Gasteiger partial charge in [0.25, 0.3) is 5.91 Å². The van der Waals surface area contributed by atoms with Gasteiger partial charge in [0.1, 0.15) is 5.75 Å². The third-order valence-electron chi connectivity index (χ3n) is 4.56. The molecule has 1 saturated heterocycles. The molecule has 1 fully saturated rings. The van der Waals surface area contributed by atoms with Gasteiger partial charge in [0.15, 0.2) is 5.11 Å². The van der Waals surface area contributed by atoms with Crippen LogP contribution in [-0.4, -0.2) is 44.4 Å². The van der Waals surface area contributed by atoms with Crippen LogP contribution in [0.15, 0.2) is 40.9 Å². The van der Waals surface area contributed by atoms with Crippen LogP contribution < -0.4 is 20.3 Å². The van der Waals surface area contributed by atoms with Crippen molar-refractivity contribution < 1.29 is 27.4 Å². The van der Waals surface area contributed by atoms with Gasteiger partial charge in [-0.05, 0) is 48.6 Å². The van der Waals surface area contributed by atoms with E-state index >= 15 is 0 Å². The first-order chi connectivity index (χ1) is 14.7. The molecule has 0 spiro atoms. The van der Waals surface area contributed by atoms with Gasteiger partial charge in [-0.1, -0.05) is 15.9 Å². The van der Waals surface area contributed by atoms with E-state index in [0.29, 0.717) is 42.2 Å². The molecule has 0 radical (unpaired) electrons. The Balaban J connectivity index is 1.83. The van der Waals surface area contributed by atoms with Gasteiger partial charge in [-0.25, -0.2) is 0 Å². The standard InChI is InChI=1S/C20H19BrF3N3O3S/c1-29-17-5-3-13(21)11-14(17)18(28)26-19(31)25-15-10-12(20(22,23)24)2-4-16(15)27-6-8-30-9-7-27/h2-5,10-11H,6-9H2,1H3,(H2,25,26,28,31). The van der Waals surface area contributed by atoms with Crippen molar-refractivity contribution >= 4 is 50.5 Å². The normalized spacial score (nSPS) is 14.2. The van der Waals surface area contributed by atoms with Crippen molar-refractivity contribution in [2.75, 3.05) is 43.6 Å². The van der Waals surface area contributed by atoms with Gasteiger partial charge >= 0.3 is 6.18 Å². The van der Waals surface area contributed by atoms with Crippen molar-refractivity contribution in [3.8, 4) is 5.75 Å². The summed E-state index contributed by atoms with van der Waals surface area (Å²) in [5.41, 5.74) is 0.0735. The van der Waals surface area contributed by atoms with Crippen molar-refractivity contribution in [2.24, 2.45) is 0 Å². The number of carbonyl (C=O) groups excluding carboxylic acids is 1. The number of carbonyl (C=O) groups is 1. The second-order valence-corrected chi connectivity index (χ2v) is 7.91. The van der Waals surface area contributed by atoms with Crippen LogP contribution in [0.4, 0.5) is 24.5 Å². The van der Waals surface area contributed by atoms with E-state index in [9.17, 15) is 18.0 Å². The number of methoxy groups -OCH3 is 1. The number of hydrogen-bond acceptors (Lipinski definition) is 5. The van der Waals surface area contributed by atoms with Crippen LogP contribution in [0.25, 0.3) is 0 Å². The maximum atomic E-state index is 13.2. The third-order valence-corrected chi connectivity index (χ3v) is 5.25. The fourth-order valence-electron chi connectivity index (χ4n) is 3.07. The summed E-state index contributed by atoms with van der Waals surface area (Å²) in [6, 6.07) is 8.26. The number of nitrogens with zero attached hydrogens (tertiary/aromatic N) is 1. The van der Waals surface area contributed by atoms with Crippen LogP contribution in [0.1, 0.15) is 15.9 Å². The van der Waals surface area contributed by atoms with Crippen LogP contribution in [0.5, 0.6) is 5.75 Å². The summed E-state index contributed by atoms with van der Waals surface area (Å²) < 4.78 is 50.9. The summed E-state index contributed by atoms with van der Waals surface area (Å²) in [7, 11) is 1.42. The molecule has 1 amide bonds. The molecule has 1 aliphatic heterocycles. The van der Waals surface area contributed by atoms with E-state index in [1.807, 2.05) is 4.90 Å². The zero-order chi connectivity index (χ0) is 22.6.